The molecule has 0 atom stereocenters. The van der Waals surface area contributed by atoms with Crippen molar-refractivity contribution in [2.24, 2.45) is 5.92 Å². The molecular formula is C13H17N3O. The van der Waals surface area contributed by atoms with Crippen LogP contribution in [0.4, 0.5) is 5.69 Å². The maximum atomic E-state index is 5.29. The van der Waals surface area contributed by atoms with Crippen LogP contribution in [0.25, 0.3) is 11.5 Å². The fourth-order valence-electron chi connectivity index (χ4n) is 1.70. The van der Waals surface area contributed by atoms with Gasteiger partial charge >= 0.3 is 0 Å². The first-order valence-corrected chi connectivity index (χ1v) is 5.80. The fraction of sp³-hybridized carbons (Fsp3) is 0.385. The molecule has 1 N–H and O–H groups in total. The second-order valence-corrected chi connectivity index (χ2v) is 4.41. The quantitative estimate of drug-likeness (QED) is 0.878. The van der Waals surface area contributed by atoms with Crippen molar-refractivity contribution in [2.75, 3.05) is 12.4 Å². The van der Waals surface area contributed by atoms with Gasteiger partial charge in [-0.1, -0.05) is 31.1 Å². The van der Waals surface area contributed by atoms with Crippen molar-refractivity contribution in [1.29, 1.82) is 0 Å². The minimum absolute atomic E-state index is 0.528. The lowest BCUT2D eigenvalue weighted by atomic mass is 10.1. The molecule has 0 aliphatic rings. The molecule has 0 aliphatic carbocycles. The Balaban J connectivity index is 2.30. The van der Waals surface area contributed by atoms with E-state index in [1.54, 1.807) is 0 Å². The number of para-hydroxylation sites is 1. The Bertz CT molecular complexity index is 491. The van der Waals surface area contributed by atoms with Gasteiger partial charge < -0.3 is 9.84 Å². The first kappa shape index (κ1) is 11.6. The number of benzene rings is 1. The highest BCUT2D eigenvalue weighted by Gasteiger charge is 2.12. The highest BCUT2D eigenvalue weighted by molar-refractivity contribution is 5.71. The van der Waals surface area contributed by atoms with E-state index >= 15 is 0 Å². The third-order valence-electron chi connectivity index (χ3n) is 2.49. The van der Waals surface area contributed by atoms with Crippen LogP contribution in [0.5, 0.6) is 0 Å². The van der Waals surface area contributed by atoms with Gasteiger partial charge in [0.1, 0.15) is 0 Å². The molecule has 0 unspecified atom stereocenters. The lowest BCUT2D eigenvalue weighted by Gasteiger charge is -2.03. The Kier molecular flexibility index (Phi) is 3.42. The molecular weight excluding hydrogens is 214 g/mol. The summed E-state index contributed by atoms with van der Waals surface area (Å²) < 4.78 is 5.29. The largest absolute Gasteiger partial charge is 0.387 e. The van der Waals surface area contributed by atoms with E-state index in [4.69, 9.17) is 4.52 Å². The molecule has 17 heavy (non-hydrogen) atoms. The maximum Gasteiger partial charge on any atom is 0.260 e. The van der Waals surface area contributed by atoms with Crippen molar-refractivity contribution < 1.29 is 4.52 Å². The van der Waals surface area contributed by atoms with Gasteiger partial charge in [0.25, 0.3) is 5.89 Å². The van der Waals surface area contributed by atoms with Crippen molar-refractivity contribution in [3.8, 4) is 11.5 Å². The van der Waals surface area contributed by atoms with Gasteiger partial charge in [0.2, 0.25) is 0 Å². The van der Waals surface area contributed by atoms with E-state index in [0.717, 1.165) is 23.5 Å². The third kappa shape index (κ3) is 2.64. The standard InChI is InChI=1S/C13H17N3O/c1-9(2)8-12-15-13(17-16-12)10-6-4-5-7-11(10)14-3/h4-7,9,14H,8H2,1-3H3. The van der Waals surface area contributed by atoms with Crippen LogP contribution in [0.15, 0.2) is 28.8 Å². The average molecular weight is 231 g/mol. The molecule has 0 aliphatic heterocycles. The Hall–Kier alpha value is -1.84. The molecule has 0 radical (unpaired) electrons. The summed E-state index contributed by atoms with van der Waals surface area (Å²) in [5.74, 6) is 1.87. The topological polar surface area (TPSA) is 51.0 Å². The molecule has 0 saturated heterocycles. The lowest BCUT2D eigenvalue weighted by Crippen LogP contribution is -1.96. The van der Waals surface area contributed by atoms with Crippen molar-refractivity contribution in [2.45, 2.75) is 20.3 Å². The van der Waals surface area contributed by atoms with Crippen LogP contribution in [-0.2, 0) is 6.42 Å². The summed E-state index contributed by atoms with van der Waals surface area (Å²) in [6, 6.07) is 7.89. The summed E-state index contributed by atoms with van der Waals surface area (Å²) in [5, 5.41) is 7.11. The average Bonchev–Trinajstić information content (AvgIpc) is 2.76. The van der Waals surface area contributed by atoms with Crippen LogP contribution >= 0.6 is 0 Å². The molecule has 2 rings (SSSR count). The second kappa shape index (κ2) is 4.99. The van der Waals surface area contributed by atoms with Crippen LogP contribution in [-0.4, -0.2) is 17.2 Å². The van der Waals surface area contributed by atoms with E-state index in [2.05, 4.69) is 29.3 Å². The van der Waals surface area contributed by atoms with Gasteiger partial charge in [0.15, 0.2) is 5.82 Å². The highest BCUT2D eigenvalue weighted by Crippen LogP contribution is 2.26. The smallest absolute Gasteiger partial charge is 0.260 e. The van der Waals surface area contributed by atoms with Crippen LogP contribution in [0, 0.1) is 5.92 Å². The van der Waals surface area contributed by atoms with Crippen LogP contribution in [0.2, 0.25) is 0 Å². The Morgan fingerprint density at radius 1 is 1.29 bits per heavy atom. The third-order valence-corrected chi connectivity index (χ3v) is 2.49. The van der Waals surface area contributed by atoms with Crippen LogP contribution in [0.1, 0.15) is 19.7 Å². The van der Waals surface area contributed by atoms with Gasteiger partial charge in [0.05, 0.1) is 5.56 Å². The molecule has 1 aromatic heterocycles. The Labute approximate surface area is 101 Å². The molecule has 1 aromatic carbocycles. The molecule has 0 spiro atoms. The summed E-state index contributed by atoms with van der Waals surface area (Å²) in [7, 11) is 1.88. The summed E-state index contributed by atoms with van der Waals surface area (Å²) in [4.78, 5) is 4.41. The summed E-state index contributed by atoms with van der Waals surface area (Å²) in [6.07, 6.45) is 0.839. The van der Waals surface area contributed by atoms with E-state index in [9.17, 15) is 0 Å². The predicted octanol–water partition coefficient (Wildman–Crippen LogP) is 2.98. The van der Waals surface area contributed by atoms with Crippen LogP contribution < -0.4 is 5.32 Å². The van der Waals surface area contributed by atoms with Gasteiger partial charge in [-0.15, -0.1) is 0 Å². The highest BCUT2D eigenvalue weighted by atomic mass is 16.5. The van der Waals surface area contributed by atoms with E-state index in [1.165, 1.54) is 0 Å². The number of nitrogens with one attached hydrogen (secondary N) is 1. The fourth-order valence-corrected chi connectivity index (χ4v) is 1.70. The molecule has 0 saturated carbocycles. The molecule has 0 fully saturated rings. The van der Waals surface area contributed by atoms with E-state index in [-0.39, 0.29) is 0 Å². The number of anilines is 1. The van der Waals surface area contributed by atoms with E-state index in [0.29, 0.717) is 11.8 Å². The van der Waals surface area contributed by atoms with Gasteiger partial charge in [-0.3, -0.25) is 0 Å². The first-order chi connectivity index (χ1) is 8.20. The zero-order chi connectivity index (χ0) is 12.3. The van der Waals surface area contributed by atoms with E-state index < -0.39 is 0 Å². The summed E-state index contributed by atoms with van der Waals surface area (Å²) in [6.45, 7) is 4.27. The molecule has 2 aromatic rings. The summed E-state index contributed by atoms with van der Waals surface area (Å²) >= 11 is 0. The van der Waals surface area contributed by atoms with Crippen molar-refractivity contribution >= 4 is 5.69 Å². The van der Waals surface area contributed by atoms with Crippen LogP contribution in [0.3, 0.4) is 0 Å². The second-order valence-electron chi connectivity index (χ2n) is 4.41. The molecule has 4 nitrogen and oxygen atoms in total. The number of nitrogens with zero attached hydrogens (tertiary/aromatic N) is 2. The van der Waals surface area contributed by atoms with Gasteiger partial charge in [-0.05, 0) is 18.1 Å². The molecule has 0 bridgehead atoms. The zero-order valence-corrected chi connectivity index (χ0v) is 10.4. The molecule has 0 amide bonds. The number of hydrogen-bond donors (Lipinski definition) is 1. The number of aromatic nitrogens is 2. The normalized spacial score (nSPS) is 10.8. The van der Waals surface area contributed by atoms with Crippen molar-refractivity contribution in [3.63, 3.8) is 0 Å². The van der Waals surface area contributed by atoms with Crippen molar-refractivity contribution in [3.05, 3.63) is 30.1 Å². The number of rotatable bonds is 4. The zero-order valence-electron chi connectivity index (χ0n) is 10.4. The Morgan fingerprint density at radius 2 is 2.06 bits per heavy atom. The number of hydrogen-bond acceptors (Lipinski definition) is 4. The Morgan fingerprint density at radius 3 is 2.76 bits per heavy atom. The minimum Gasteiger partial charge on any atom is -0.387 e. The summed E-state index contributed by atoms with van der Waals surface area (Å²) in [5.41, 5.74) is 1.93. The molecule has 1 heterocycles. The minimum atomic E-state index is 0.528. The molecule has 90 valence electrons. The predicted molar refractivity (Wildman–Crippen MR) is 67.8 cm³/mol. The van der Waals surface area contributed by atoms with Gasteiger partial charge in [-0.25, -0.2) is 0 Å². The first-order valence-electron chi connectivity index (χ1n) is 5.80. The van der Waals surface area contributed by atoms with E-state index in [1.807, 2.05) is 31.3 Å². The van der Waals surface area contributed by atoms with Gasteiger partial charge in [-0.2, -0.15) is 4.98 Å². The monoisotopic (exact) mass is 231 g/mol. The maximum absolute atomic E-state index is 5.29. The SMILES string of the molecule is CNc1ccccc1-c1nc(CC(C)C)no1. The lowest BCUT2D eigenvalue weighted by molar-refractivity contribution is 0.418. The molecule has 4 heteroatoms. The van der Waals surface area contributed by atoms with Crippen molar-refractivity contribution in [1.82, 2.24) is 10.1 Å². The van der Waals surface area contributed by atoms with Gasteiger partial charge in [0, 0.05) is 19.2 Å².